The molecular weight excluding hydrogens is 420 g/mol. The molecule has 174 valence electrons. The van der Waals surface area contributed by atoms with Crippen LogP contribution in [-0.4, -0.2) is 47.8 Å². The molecule has 3 aromatic rings. The second-order valence-corrected chi connectivity index (χ2v) is 8.65. The Balaban J connectivity index is 1.83. The first-order valence-corrected chi connectivity index (χ1v) is 11.3. The first kappa shape index (κ1) is 22.8. The van der Waals surface area contributed by atoms with E-state index in [1.54, 1.807) is 30.5 Å². The number of fused-ring (bicyclic) bond motifs is 1. The first-order chi connectivity index (χ1) is 16.0. The van der Waals surface area contributed by atoms with Crippen molar-refractivity contribution in [2.45, 2.75) is 39.3 Å². The summed E-state index contributed by atoms with van der Waals surface area (Å²) in [6.07, 6.45) is 3.61. The fourth-order valence-corrected chi connectivity index (χ4v) is 4.02. The maximum Gasteiger partial charge on any atom is 0.356 e. The van der Waals surface area contributed by atoms with E-state index in [-0.39, 0.29) is 17.7 Å². The van der Waals surface area contributed by atoms with Gasteiger partial charge in [-0.1, -0.05) is 32.0 Å². The third kappa shape index (κ3) is 5.01. The molecule has 1 amide bonds. The van der Waals surface area contributed by atoms with Crippen molar-refractivity contribution in [3.8, 4) is 0 Å². The highest BCUT2D eigenvalue weighted by Crippen LogP contribution is 2.34. The van der Waals surface area contributed by atoms with Crippen LogP contribution in [-0.2, 0) is 16.0 Å². The maximum absolute atomic E-state index is 13.0. The number of benzene rings is 1. The van der Waals surface area contributed by atoms with E-state index in [4.69, 9.17) is 9.47 Å². The summed E-state index contributed by atoms with van der Waals surface area (Å²) in [7, 11) is 1.34. The maximum atomic E-state index is 13.0. The number of methoxy groups -OCH3 is 1. The smallest absolute Gasteiger partial charge is 0.356 e. The van der Waals surface area contributed by atoms with Crippen LogP contribution >= 0.6 is 0 Å². The SMILES string of the molecule is COC(=O)c1c(NC(=O)c2ccccc2)c2cc(NCC(C)C)cnc2n1C[C@H]1CCCO1. The molecule has 1 aliphatic rings. The van der Waals surface area contributed by atoms with Crippen molar-refractivity contribution in [3.63, 3.8) is 0 Å². The van der Waals surface area contributed by atoms with E-state index in [1.165, 1.54) is 7.11 Å². The molecule has 0 spiro atoms. The lowest BCUT2D eigenvalue weighted by Gasteiger charge is -2.14. The van der Waals surface area contributed by atoms with Gasteiger partial charge in [-0.15, -0.1) is 0 Å². The molecule has 8 nitrogen and oxygen atoms in total. The van der Waals surface area contributed by atoms with Crippen molar-refractivity contribution in [2.24, 2.45) is 5.92 Å². The van der Waals surface area contributed by atoms with E-state index in [9.17, 15) is 9.59 Å². The van der Waals surface area contributed by atoms with Gasteiger partial charge in [0, 0.05) is 24.1 Å². The van der Waals surface area contributed by atoms with Gasteiger partial charge in [0.1, 0.15) is 5.65 Å². The number of hydrogen-bond donors (Lipinski definition) is 2. The standard InChI is InChI=1S/C25H30N4O4/c1-16(2)13-26-18-12-20-21(28-24(30)17-8-5-4-6-9-17)22(25(31)32-3)29(23(20)27-14-18)15-19-10-7-11-33-19/h4-6,8-9,12,14,16,19,26H,7,10-11,13,15H2,1-3H3,(H,28,30)/t19-/m1/s1. The Morgan fingerprint density at radius 1 is 1.27 bits per heavy atom. The van der Waals surface area contributed by atoms with Gasteiger partial charge in [0.2, 0.25) is 0 Å². The fourth-order valence-electron chi connectivity index (χ4n) is 4.02. The minimum Gasteiger partial charge on any atom is -0.464 e. The van der Waals surface area contributed by atoms with E-state index in [1.807, 2.05) is 16.7 Å². The van der Waals surface area contributed by atoms with Gasteiger partial charge in [0.25, 0.3) is 5.91 Å². The van der Waals surface area contributed by atoms with Crippen molar-refractivity contribution in [3.05, 3.63) is 53.9 Å². The van der Waals surface area contributed by atoms with Gasteiger partial charge in [-0.2, -0.15) is 0 Å². The highest BCUT2D eigenvalue weighted by atomic mass is 16.5. The van der Waals surface area contributed by atoms with Gasteiger partial charge in [-0.05, 0) is 37.0 Å². The number of hydrogen-bond acceptors (Lipinski definition) is 6. The minimum absolute atomic E-state index is 0.0257. The van der Waals surface area contributed by atoms with E-state index in [0.717, 1.165) is 25.1 Å². The van der Waals surface area contributed by atoms with Crippen LogP contribution in [0.15, 0.2) is 42.6 Å². The molecule has 0 saturated carbocycles. The Bertz CT molecular complexity index is 1130. The Kier molecular flexibility index (Phi) is 6.93. The first-order valence-electron chi connectivity index (χ1n) is 11.3. The summed E-state index contributed by atoms with van der Waals surface area (Å²) in [5, 5.41) is 6.99. The molecule has 0 radical (unpaired) electrons. The second kappa shape index (κ2) is 10.0. The van der Waals surface area contributed by atoms with Crippen molar-refractivity contribution < 1.29 is 19.1 Å². The lowest BCUT2D eigenvalue weighted by atomic mass is 10.2. The van der Waals surface area contributed by atoms with Crippen LogP contribution < -0.4 is 10.6 Å². The van der Waals surface area contributed by atoms with Crippen LogP contribution in [0.3, 0.4) is 0 Å². The number of ether oxygens (including phenoxy) is 2. The molecule has 1 atom stereocenters. The van der Waals surface area contributed by atoms with E-state index >= 15 is 0 Å². The average molecular weight is 451 g/mol. The van der Waals surface area contributed by atoms with E-state index < -0.39 is 5.97 Å². The number of anilines is 2. The quantitative estimate of drug-likeness (QED) is 0.497. The Labute approximate surface area is 193 Å². The Morgan fingerprint density at radius 3 is 2.73 bits per heavy atom. The van der Waals surface area contributed by atoms with Crippen LogP contribution in [0.4, 0.5) is 11.4 Å². The van der Waals surface area contributed by atoms with Crippen LogP contribution in [0, 0.1) is 5.92 Å². The lowest BCUT2D eigenvalue weighted by Crippen LogP contribution is -2.21. The molecule has 1 saturated heterocycles. The van der Waals surface area contributed by atoms with Gasteiger partial charge in [-0.3, -0.25) is 4.79 Å². The molecule has 2 aromatic heterocycles. The molecular formula is C25H30N4O4. The Morgan fingerprint density at radius 2 is 2.06 bits per heavy atom. The molecule has 3 heterocycles. The molecule has 8 heteroatoms. The fraction of sp³-hybridized carbons (Fsp3) is 0.400. The number of pyridine rings is 1. The Hall–Kier alpha value is -3.39. The van der Waals surface area contributed by atoms with Gasteiger partial charge >= 0.3 is 5.97 Å². The molecule has 33 heavy (non-hydrogen) atoms. The minimum atomic E-state index is -0.536. The van der Waals surface area contributed by atoms with Crippen molar-refractivity contribution in [1.82, 2.24) is 9.55 Å². The summed E-state index contributed by atoms with van der Waals surface area (Å²) >= 11 is 0. The molecule has 0 unspecified atom stereocenters. The van der Waals surface area contributed by atoms with Gasteiger partial charge in [-0.25, -0.2) is 9.78 Å². The van der Waals surface area contributed by atoms with Crippen LogP contribution in [0.1, 0.15) is 47.5 Å². The van der Waals surface area contributed by atoms with Crippen LogP contribution in [0.5, 0.6) is 0 Å². The molecule has 4 rings (SSSR count). The number of nitrogens with zero attached hydrogens (tertiary/aromatic N) is 2. The average Bonchev–Trinajstić information content (AvgIpc) is 3.44. The number of aromatic nitrogens is 2. The molecule has 1 fully saturated rings. The predicted octanol–water partition coefficient (Wildman–Crippen LogP) is 4.32. The largest absolute Gasteiger partial charge is 0.464 e. The third-order valence-electron chi connectivity index (χ3n) is 5.68. The summed E-state index contributed by atoms with van der Waals surface area (Å²) < 4.78 is 12.7. The van der Waals surface area contributed by atoms with Gasteiger partial charge in [0.15, 0.2) is 5.69 Å². The lowest BCUT2D eigenvalue weighted by molar-refractivity contribution is 0.0580. The van der Waals surface area contributed by atoms with Crippen molar-refractivity contribution in [1.29, 1.82) is 0 Å². The van der Waals surface area contributed by atoms with Crippen molar-refractivity contribution in [2.75, 3.05) is 30.9 Å². The van der Waals surface area contributed by atoms with Crippen molar-refractivity contribution >= 4 is 34.3 Å². The summed E-state index contributed by atoms with van der Waals surface area (Å²) in [6, 6.07) is 10.8. The van der Waals surface area contributed by atoms with Crippen LogP contribution in [0.25, 0.3) is 11.0 Å². The molecule has 1 aliphatic heterocycles. The molecule has 0 bridgehead atoms. The van der Waals surface area contributed by atoms with Gasteiger partial charge in [0.05, 0.1) is 37.3 Å². The topological polar surface area (TPSA) is 94.5 Å². The summed E-state index contributed by atoms with van der Waals surface area (Å²) in [5.41, 5.74) is 2.57. The van der Waals surface area contributed by atoms with Crippen LogP contribution in [0.2, 0.25) is 0 Å². The zero-order valence-electron chi connectivity index (χ0n) is 19.3. The number of rotatable bonds is 8. The molecule has 1 aromatic carbocycles. The summed E-state index contributed by atoms with van der Waals surface area (Å²) in [6.45, 7) is 6.18. The second-order valence-electron chi connectivity index (χ2n) is 8.65. The summed E-state index contributed by atoms with van der Waals surface area (Å²) in [4.78, 5) is 30.6. The van der Waals surface area contributed by atoms with E-state index in [0.29, 0.717) is 41.4 Å². The number of esters is 1. The number of carbonyl (C=O) groups is 2. The highest BCUT2D eigenvalue weighted by molar-refractivity contribution is 6.14. The normalized spacial score (nSPS) is 15.7. The number of amides is 1. The summed E-state index contributed by atoms with van der Waals surface area (Å²) in [5.74, 6) is -0.392. The molecule has 0 aliphatic carbocycles. The third-order valence-corrected chi connectivity index (χ3v) is 5.68. The zero-order chi connectivity index (χ0) is 23.4. The zero-order valence-corrected chi connectivity index (χ0v) is 19.3. The molecule has 2 N–H and O–H groups in total. The highest BCUT2D eigenvalue weighted by Gasteiger charge is 2.29. The van der Waals surface area contributed by atoms with E-state index in [2.05, 4.69) is 29.5 Å². The number of carbonyl (C=O) groups excluding carboxylic acids is 2. The number of nitrogens with one attached hydrogen (secondary N) is 2. The van der Waals surface area contributed by atoms with Gasteiger partial charge < -0.3 is 24.7 Å². The predicted molar refractivity (Wildman–Crippen MR) is 128 cm³/mol. The monoisotopic (exact) mass is 450 g/mol.